The van der Waals surface area contributed by atoms with Crippen LogP contribution < -0.4 is 0 Å². The molecule has 0 aliphatic heterocycles. The molecule has 1 fully saturated rings. The van der Waals surface area contributed by atoms with Crippen molar-refractivity contribution in [1.29, 1.82) is 0 Å². The fourth-order valence-corrected chi connectivity index (χ4v) is 3.26. The number of hydrogen-bond acceptors (Lipinski definition) is 0. The summed E-state index contributed by atoms with van der Waals surface area (Å²) in [5.74, 6) is 2.02. The van der Waals surface area contributed by atoms with E-state index >= 15 is 0 Å². The fourth-order valence-electron chi connectivity index (χ4n) is 3.26. The Kier molecular flexibility index (Phi) is 9.01. The van der Waals surface area contributed by atoms with Gasteiger partial charge in [0.1, 0.15) is 0 Å². The molecule has 0 aromatic carbocycles. The topological polar surface area (TPSA) is 0 Å². The summed E-state index contributed by atoms with van der Waals surface area (Å²) in [5.41, 5.74) is 0. The Balaban J connectivity index is 2.23. The van der Waals surface area contributed by atoms with Crippen molar-refractivity contribution in [2.75, 3.05) is 0 Å². The molecule has 0 nitrogen and oxygen atoms in total. The zero-order chi connectivity index (χ0) is 12.3. The molecule has 17 heavy (non-hydrogen) atoms. The van der Waals surface area contributed by atoms with Gasteiger partial charge in [-0.25, -0.2) is 0 Å². The Morgan fingerprint density at radius 1 is 0.706 bits per heavy atom. The molecular weight excluding hydrogens is 202 g/mol. The summed E-state index contributed by atoms with van der Waals surface area (Å²) in [7, 11) is 3.80. The van der Waals surface area contributed by atoms with Crippen LogP contribution in [-0.4, -0.2) is 14.9 Å². The van der Waals surface area contributed by atoms with Crippen molar-refractivity contribution in [2.45, 2.75) is 89.8 Å². The fraction of sp³-hybridized carbons (Fsp3) is 1.00. The average Bonchev–Trinajstić information content (AvgIpc) is 2.34. The molecule has 0 spiro atoms. The van der Waals surface area contributed by atoms with Crippen molar-refractivity contribution in [2.24, 2.45) is 5.92 Å². The predicted molar refractivity (Wildman–Crippen MR) is 84.0 cm³/mol. The third kappa shape index (κ3) is 7.95. The minimum atomic E-state index is 0.986. The molecule has 0 radical (unpaired) electrons. The largest absolute Gasteiger partial charge is 0.0860 e. The maximum atomic E-state index is 2.46. The van der Waals surface area contributed by atoms with Crippen LogP contribution in [0.25, 0.3) is 0 Å². The van der Waals surface area contributed by atoms with Crippen LogP contribution in [0.3, 0.4) is 0 Å². The van der Waals surface area contributed by atoms with Crippen LogP contribution in [0.5, 0.6) is 0 Å². The van der Waals surface area contributed by atoms with Crippen molar-refractivity contribution in [3.63, 3.8) is 0 Å². The van der Waals surface area contributed by atoms with Crippen molar-refractivity contribution in [3.05, 3.63) is 0 Å². The number of hydrogen-bond donors (Lipinski definition) is 0. The molecule has 1 saturated carbocycles. The summed E-state index contributed by atoms with van der Waals surface area (Å²) in [6.45, 7) is 2.46. The van der Waals surface area contributed by atoms with E-state index < -0.39 is 0 Å². The van der Waals surface area contributed by atoms with Crippen LogP contribution in [0.1, 0.15) is 84.0 Å². The second kappa shape index (κ2) is 10.1. The minimum absolute atomic E-state index is 0.986. The molecule has 1 rings (SSSR count). The van der Waals surface area contributed by atoms with Crippen LogP contribution in [0.4, 0.5) is 0 Å². The van der Waals surface area contributed by atoms with E-state index in [2.05, 4.69) is 14.7 Å². The van der Waals surface area contributed by atoms with Gasteiger partial charge in [0.25, 0.3) is 0 Å². The van der Waals surface area contributed by atoms with Crippen LogP contribution in [0.15, 0.2) is 0 Å². The molecular formula is C15H32B2. The first kappa shape index (κ1) is 15.2. The molecule has 0 heterocycles. The van der Waals surface area contributed by atoms with Gasteiger partial charge in [-0.05, 0) is 5.92 Å². The van der Waals surface area contributed by atoms with Gasteiger partial charge in [-0.15, -0.1) is 0 Å². The molecule has 0 aromatic rings. The standard InChI is InChI=1S/C15H32B2/c1-14-10-6-3-2-4-8-12-15(17-16)13-9-5-7-11-14/h14-15,17H,2-13,16H2,1H3/t14-,15+/m1/s1. The van der Waals surface area contributed by atoms with Crippen LogP contribution in [0.2, 0.25) is 5.82 Å². The lowest BCUT2D eigenvalue weighted by atomic mass is 9.45. The summed E-state index contributed by atoms with van der Waals surface area (Å²) in [6.07, 6.45) is 17.9. The second-order valence-corrected chi connectivity index (χ2v) is 6.36. The van der Waals surface area contributed by atoms with Gasteiger partial charge in [0.05, 0.1) is 14.9 Å². The Morgan fingerprint density at radius 2 is 1.12 bits per heavy atom. The highest BCUT2D eigenvalue weighted by atomic mass is 14.1. The molecule has 98 valence electrons. The van der Waals surface area contributed by atoms with E-state index in [4.69, 9.17) is 0 Å². The van der Waals surface area contributed by atoms with Crippen molar-refractivity contribution in [3.8, 4) is 0 Å². The first-order valence-electron chi connectivity index (χ1n) is 8.33. The van der Waals surface area contributed by atoms with Crippen molar-refractivity contribution < 1.29 is 0 Å². The van der Waals surface area contributed by atoms with Gasteiger partial charge in [0.2, 0.25) is 0 Å². The van der Waals surface area contributed by atoms with Crippen LogP contribution in [0, 0.1) is 5.92 Å². The highest BCUT2D eigenvalue weighted by Gasteiger charge is 2.08. The number of rotatable bonds is 1. The molecule has 2 atom stereocenters. The first-order valence-corrected chi connectivity index (χ1v) is 8.33. The van der Waals surface area contributed by atoms with Gasteiger partial charge < -0.3 is 0 Å². The van der Waals surface area contributed by atoms with E-state index in [-0.39, 0.29) is 0 Å². The molecule has 0 unspecified atom stereocenters. The van der Waals surface area contributed by atoms with Gasteiger partial charge in [0.15, 0.2) is 0 Å². The lowest BCUT2D eigenvalue weighted by Gasteiger charge is -2.16. The molecule has 0 amide bonds. The quantitative estimate of drug-likeness (QED) is 0.599. The zero-order valence-corrected chi connectivity index (χ0v) is 12.3. The summed E-state index contributed by atoms with van der Waals surface area (Å²) < 4.78 is 0. The monoisotopic (exact) mass is 234 g/mol. The van der Waals surface area contributed by atoms with Crippen molar-refractivity contribution in [1.82, 2.24) is 0 Å². The van der Waals surface area contributed by atoms with E-state index in [9.17, 15) is 0 Å². The highest BCUT2D eigenvalue weighted by Crippen LogP contribution is 2.24. The van der Waals surface area contributed by atoms with E-state index in [0.29, 0.717) is 0 Å². The molecule has 1 aliphatic rings. The molecule has 0 bridgehead atoms. The zero-order valence-electron chi connectivity index (χ0n) is 12.3. The average molecular weight is 234 g/mol. The molecule has 0 saturated heterocycles. The summed E-state index contributed by atoms with van der Waals surface area (Å²) >= 11 is 0. The lowest BCUT2D eigenvalue weighted by molar-refractivity contribution is 0.424. The predicted octanol–water partition coefficient (Wildman–Crippen LogP) is 4.09. The Labute approximate surface area is 111 Å². The summed E-state index contributed by atoms with van der Waals surface area (Å²) in [6, 6.07) is 0. The molecule has 0 N–H and O–H groups in total. The van der Waals surface area contributed by atoms with Gasteiger partial charge in [0, 0.05) is 0 Å². The highest BCUT2D eigenvalue weighted by molar-refractivity contribution is 6.90. The Hall–Kier alpha value is 0.130. The summed E-state index contributed by atoms with van der Waals surface area (Å²) in [4.78, 5) is 0. The maximum absolute atomic E-state index is 2.46. The van der Waals surface area contributed by atoms with Gasteiger partial charge >= 0.3 is 0 Å². The van der Waals surface area contributed by atoms with E-state index in [1.165, 1.54) is 84.2 Å². The second-order valence-electron chi connectivity index (χ2n) is 6.36. The normalized spacial score (nSPS) is 30.4. The third-order valence-electron chi connectivity index (χ3n) is 4.70. The van der Waals surface area contributed by atoms with E-state index in [1.54, 1.807) is 0 Å². The van der Waals surface area contributed by atoms with E-state index in [1.807, 2.05) is 0 Å². The lowest BCUT2D eigenvalue weighted by Crippen LogP contribution is -2.05. The first-order chi connectivity index (χ1) is 8.33. The Bertz CT molecular complexity index is 170. The maximum Gasteiger partial charge on any atom is 0.0860 e. The molecule has 1 aliphatic carbocycles. The van der Waals surface area contributed by atoms with E-state index in [0.717, 1.165) is 11.7 Å². The van der Waals surface area contributed by atoms with Gasteiger partial charge in [-0.3, -0.25) is 0 Å². The summed E-state index contributed by atoms with van der Waals surface area (Å²) in [5, 5.41) is 0. The van der Waals surface area contributed by atoms with Crippen molar-refractivity contribution >= 4 is 14.9 Å². The Morgan fingerprint density at radius 3 is 1.65 bits per heavy atom. The SMILES string of the molecule is BB[C@H]1CCCCCCC[C@@H](C)CCCCC1. The van der Waals surface area contributed by atoms with Crippen LogP contribution in [-0.2, 0) is 0 Å². The van der Waals surface area contributed by atoms with Crippen LogP contribution >= 0.6 is 0 Å². The molecule has 2 heteroatoms. The molecule has 0 aromatic heterocycles. The van der Waals surface area contributed by atoms with Gasteiger partial charge in [-0.2, -0.15) is 0 Å². The smallest absolute Gasteiger partial charge is 0.0737 e. The van der Waals surface area contributed by atoms with Gasteiger partial charge in [-0.1, -0.05) is 89.8 Å². The minimum Gasteiger partial charge on any atom is -0.0737 e. The third-order valence-corrected chi connectivity index (χ3v) is 4.70.